The summed E-state index contributed by atoms with van der Waals surface area (Å²) in [7, 11) is -5.58. The molecule has 3 rings (SSSR count). The van der Waals surface area contributed by atoms with Gasteiger partial charge in [-0.2, -0.15) is 21.6 Å². The van der Waals surface area contributed by atoms with Crippen molar-refractivity contribution in [3.63, 3.8) is 0 Å². The van der Waals surface area contributed by atoms with Crippen molar-refractivity contribution in [3.05, 3.63) is 23.8 Å². The van der Waals surface area contributed by atoms with Crippen molar-refractivity contribution >= 4 is 27.1 Å². The molecular weight excluding hydrogens is 479 g/mol. The second-order valence-corrected chi connectivity index (χ2v) is 11.0. The Morgan fingerprint density at radius 1 is 1.00 bits per heavy atom. The van der Waals surface area contributed by atoms with Gasteiger partial charge in [0.15, 0.2) is 0 Å². The van der Waals surface area contributed by atoms with Gasteiger partial charge in [-0.3, -0.25) is 4.72 Å². The highest BCUT2D eigenvalue weighted by Gasteiger charge is 2.46. The molecule has 0 aliphatic heterocycles. The predicted octanol–water partition coefficient (Wildman–Crippen LogP) is 7.43. The van der Waals surface area contributed by atoms with E-state index in [9.17, 15) is 21.6 Å². The van der Waals surface area contributed by atoms with Crippen LogP contribution in [0.15, 0.2) is 23.4 Å². The van der Waals surface area contributed by atoms with Crippen LogP contribution in [-0.2, 0) is 14.9 Å². The van der Waals surface area contributed by atoms with E-state index in [0.717, 1.165) is 64.2 Å². The molecule has 0 aromatic heterocycles. The SMILES string of the molecule is CC.CC(C)Nc1ccc(NS(=O)(=O)C(F)(F)F)c(/C(=N/OC2CCCCC2)C2CCCCC2)c1. The number of hydrogen-bond donors (Lipinski definition) is 2. The van der Waals surface area contributed by atoms with Crippen molar-refractivity contribution in [1.29, 1.82) is 0 Å². The van der Waals surface area contributed by atoms with E-state index in [2.05, 4.69) is 10.5 Å². The maximum Gasteiger partial charge on any atom is 0.516 e. The van der Waals surface area contributed by atoms with E-state index in [1.54, 1.807) is 16.9 Å². The number of hydrogen-bond acceptors (Lipinski definition) is 5. The molecular formula is C25H40F3N3O3S. The zero-order valence-corrected chi connectivity index (χ0v) is 22.1. The van der Waals surface area contributed by atoms with Crippen molar-refractivity contribution in [2.45, 2.75) is 110 Å². The fraction of sp³-hybridized carbons (Fsp3) is 0.720. The van der Waals surface area contributed by atoms with Gasteiger partial charge in [0.2, 0.25) is 0 Å². The Morgan fingerprint density at radius 3 is 2.11 bits per heavy atom. The third-order valence-corrected chi connectivity index (χ3v) is 7.24. The number of halogens is 3. The number of oxime groups is 1. The van der Waals surface area contributed by atoms with Crippen LogP contribution in [0.4, 0.5) is 24.5 Å². The number of benzene rings is 1. The molecule has 1 aromatic carbocycles. The molecule has 6 nitrogen and oxygen atoms in total. The molecule has 1 aromatic rings. The lowest BCUT2D eigenvalue weighted by atomic mass is 9.83. The van der Waals surface area contributed by atoms with Gasteiger partial charge >= 0.3 is 15.5 Å². The molecule has 0 unspecified atom stereocenters. The monoisotopic (exact) mass is 519 g/mol. The van der Waals surface area contributed by atoms with Gasteiger partial charge in [0.1, 0.15) is 6.10 Å². The molecule has 0 spiro atoms. The van der Waals surface area contributed by atoms with Crippen LogP contribution in [0.3, 0.4) is 0 Å². The Balaban J connectivity index is 0.00000210. The highest BCUT2D eigenvalue weighted by atomic mass is 32.2. The van der Waals surface area contributed by atoms with Crippen LogP contribution < -0.4 is 10.0 Å². The van der Waals surface area contributed by atoms with Crippen LogP contribution in [0.1, 0.15) is 97.5 Å². The molecule has 10 heteroatoms. The number of alkyl halides is 3. The largest absolute Gasteiger partial charge is 0.516 e. The summed E-state index contributed by atoms with van der Waals surface area (Å²) in [5.41, 5.74) is -4.03. The Hall–Kier alpha value is -1.97. The zero-order chi connectivity index (χ0) is 26.1. The molecule has 2 aliphatic rings. The molecule has 0 saturated heterocycles. The van der Waals surface area contributed by atoms with Crippen LogP contribution in [0.5, 0.6) is 0 Å². The normalized spacial score (nSPS) is 18.6. The minimum atomic E-state index is -5.58. The van der Waals surface area contributed by atoms with E-state index in [-0.39, 0.29) is 23.8 Å². The molecule has 35 heavy (non-hydrogen) atoms. The van der Waals surface area contributed by atoms with Gasteiger partial charge in [0.25, 0.3) is 0 Å². The smallest absolute Gasteiger partial charge is 0.392 e. The van der Waals surface area contributed by atoms with Crippen LogP contribution >= 0.6 is 0 Å². The second-order valence-electron chi connectivity index (χ2n) is 9.29. The Labute approximate surface area is 208 Å². The summed E-state index contributed by atoms with van der Waals surface area (Å²) >= 11 is 0. The van der Waals surface area contributed by atoms with Crippen LogP contribution in [0.2, 0.25) is 0 Å². The summed E-state index contributed by atoms with van der Waals surface area (Å²) in [5.74, 6) is -0.00854. The Kier molecular flexibility index (Phi) is 11.2. The van der Waals surface area contributed by atoms with E-state index < -0.39 is 15.5 Å². The fourth-order valence-corrected chi connectivity index (χ4v) is 5.08. The summed E-state index contributed by atoms with van der Waals surface area (Å²) in [6, 6.07) is 4.69. The van der Waals surface area contributed by atoms with Gasteiger partial charge in [0, 0.05) is 23.2 Å². The summed E-state index contributed by atoms with van der Waals surface area (Å²) in [6.07, 6.45) is 9.77. The summed E-state index contributed by atoms with van der Waals surface area (Å²) in [5, 5.41) is 7.72. The van der Waals surface area contributed by atoms with Gasteiger partial charge < -0.3 is 10.2 Å². The van der Waals surface area contributed by atoms with Gasteiger partial charge in [-0.25, -0.2) is 0 Å². The lowest BCUT2D eigenvalue weighted by Gasteiger charge is -2.27. The Morgan fingerprint density at radius 2 is 1.57 bits per heavy atom. The zero-order valence-electron chi connectivity index (χ0n) is 21.2. The van der Waals surface area contributed by atoms with Gasteiger partial charge in [-0.15, -0.1) is 0 Å². The molecule has 0 atom stereocenters. The minimum absolute atomic E-state index is 0.00854. The van der Waals surface area contributed by atoms with Crippen molar-refractivity contribution in [3.8, 4) is 0 Å². The standard InChI is InChI=1S/C23H34F3N3O3S.C2H6/c1-16(2)27-18-13-14-21(29-33(30,31)23(24,25)26)20(15-18)22(17-9-5-3-6-10-17)28-32-19-11-7-4-8-12-19;1-2/h13-17,19,27,29H,3-12H2,1-2H3;1-2H3/b28-22+;. The predicted molar refractivity (Wildman–Crippen MR) is 136 cm³/mol. The van der Waals surface area contributed by atoms with Gasteiger partial charge in [-0.1, -0.05) is 44.7 Å². The van der Waals surface area contributed by atoms with E-state index in [1.165, 1.54) is 6.07 Å². The van der Waals surface area contributed by atoms with Gasteiger partial charge in [-0.05, 0) is 70.6 Å². The first-order valence-electron chi connectivity index (χ1n) is 12.8. The van der Waals surface area contributed by atoms with Gasteiger partial charge in [0.05, 0.1) is 11.4 Å². The third-order valence-electron chi connectivity index (χ3n) is 6.14. The molecule has 0 radical (unpaired) electrons. The van der Waals surface area contributed by atoms with Crippen LogP contribution in [-0.4, -0.2) is 31.8 Å². The van der Waals surface area contributed by atoms with Crippen molar-refractivity contribution in [2.24, 2.45) is 11.1 Å². The molecule has 0 bridgehead atoms. The maximum atomic E-state index is 13.1. The highest BCUT2D eigenvalue weighted by Crippen LogP contribution is 2.34. The first-order chi connectivity index (χ1) is 16.6. The van der Waals surface area contributed by atoms with Crippen molar-refractivity contribution in [1.82, 2.24) is 0 Å². The number of anilines is 2. The molecule has 2 aliphatic carbocycles. The highest BCUT2D eigenvalue weighted by molar-refractivity contribution is 7.93. The fourth-order valence-electron chi connectivity index (χ4n) is 4.49. The lowest BCUT2D eigenvalue weighted by Crippen LogP contribution is -2.31. The molecule has 2 N–H and O–H groups in total. The van der Waals surface area contributed by atoms with E-state index in [1.807, 2.05) is 27.7 Å². The molecule has 200 valence electrons. The third kappa shape index (κ3) is 8.58. The average Bonchev–Trinajstić information content (AvgIpc) is 2.82. The second kappa shape index (κ2) is 13.4. The average molecular weight is 520 g/mol. The van der Waals surface area contributed by atoms with Crippen molar-refractivity contribution < 1.29 is 26.4 Å². The van der Waals surface area contributed by atoms with Crippen LogP contribution in [0.25, 0.3) is 0 Å². The molecule has 0 heterocycles. The molecule has 2 saturated carbocycles. The molecule has 0 amide bonds. The quantitative estimate of drug-likeness (QED) is 0.276. The van der Waals surface area contributed by atoms with E-state index in [4.69, 9.17) is 4.84 Å². The topological polar surface area (TPSA) is 79.8 Å². The maximum absolute atomic E-state index is 13.1. The summed E-state index contributed by atoms with van der Waals surface area (Å²) in [6.45, 7) is 7.89. The minimum Gasteiger partial charge on any atom is -0.392 e. The first kappa shape index (κ1) is 29.3. The Bertz CT molecular complexity index is 922. The summed E-state index contributed by atoms with van der Waals surface area (Å²) < 4.78 is 65.0. The molecule has 2 fully saturated rings. The first-order valence-corrected chi connectivity index (χ1v) is 14.3. The van der Waals surface area contributed by atoms with Crippen LogP contribution in [0, 0.1) is 5.92 Å². The number of sulfonamides is 1. The van der Waals surface area contributed by atoms with Crippen molar-refractivity contribution in [2.75, 3.05) is 10.0 Å². The van der Waals surface area contributed by atoms with E-state index >= 15 is 0 Å². The summed E-state index contributed by atoms with van der Waals surface area (Å²) in [4.78, 5) is 5.89. The number of nitrogens with one attached hydrogen (secondary N) is 2. The number of nitrogens with zero attached hydrogens (tertiary/aromatic N) is 1. The van der Waals surface area contributed by atoms with E-state index in [0.29, 0.717) is 17.0 Å². The number of rotatable bonds is 8. The lowest BCUT2D eigenvalue weighted by molar-refractivity contribution is -0.0429.